The lowest BCUT2D eigenvalue weighted by molar-refractivity contribution is -0.309. The number of nitrogens with zero attached hydrogens (tertiary/aromatic N) is 1. The minimum Gasteiger partial charge on any atom is -0.548 e. The maximum absolute atomic E-state index is 11.7. The van der Waals surface area contributed by atoms with Gasteiger partial charge in [-0.1, -0.05) is 0 Å². The monoisotopic (exact) mass is 253 g/mol. The van der Waals surface area contributed by atoms with Crippen LogP contribution in [0.25, 0.3) is 0 Å². The van der Waals surface area contributed by atoms with Crippen LogP contribution in [0, 0.1) is 0 Å². The van der Waals surface area contributed by atoms with Crippen LogP contribution in [0.1, 0.15) is 0 Å². The first-order valence-electron chi connectivity index (χ1n) is 4.06. The molecule has 9 heteroatoms. The summed E-state index contributed by atoms with van der Waals surface area (Å²) >= 11 is 0. The number of aliphatic carboxylic acids is 2. The summed E-state index contributed by atoms with van der Waals surface area (Å²) in [6, 6.07) is 0. The van der Waals surface area contributed by atoms with Crippen LogP contribution in [-0.2, 0) is 14.4 Å². The molecule has 0 amide bonds. The number of ketones is 1. The number of carbonyl (C=O) groups is 3. The first-order valence-corrected chi connectivity index (χ1v) is 4.06. The van der Waals surface area contributed by atoms with Crippen LogP contribution in [0.15, 0.2) is 12.3 Å². The molecule has 96 valence electrons. The molecule has 0 aromatic rings. The second kappa shape index (κ2) is 5.87. The second-order valence-electron chi connectivity index (χ2n) is 2.83. The molecular formula is C8H6F3NO5-2. The third kappa shape index (κ3) is 6.93. The van der Waals surface area contributed by atoms with Gasteiger partial charge in [0.2, 0.25) is 0 Å². The predicted molar refractivity (Wildman–Crippen MR) is 41.8 cm³/mol. The second-order valence-corrected chi connectivity index (χ2v) is 2.83. The molecule has 0 aliphatic rings. The molecule has 0 rings (SSSR count). The lowest BCUT2D eigenvalue weighted by atomic mass is 10.3. The van der Waals surface area contributed by atoms with Crippen LogP contribution in [0.3, 0.4) is 0 Å². The molecule has 0 aliphatic heterocycles. The Labute approximate surface area is 92.9 Å². The Bertz CT molecular complexity index is 334. The van der Waals surface area contributed by atoms with Gasteiger partial charge in [-0.25, -0.2) is 0 Å². The fourth-order valence-corrected chi connectivity index (χ4v) is 0.761. The van der Waals surface area contributed by atoms with Crippen molar-refractivity contribution in [2.75, 3.05) is 13.1 Å². The molecule has 0 heterocycles. The van der Waals surface area contributed by atoms with Gasteiger partial charge in [-0.3, -0.25) is 4.79 Å². The van der Waals surface area contributed by atoms with Gasteiger partial charge in [0.05, 0.1) is 25.0 Å². The van der Waals surface area contributed by atoms with Crippen molar-refractivity contribution in [2.45, 2.75) is 6.18 Å². The van der Waals surface area contributed by atoms with E-state index in [4.69, 9.17) is 0 Å². The average molecular weight is 253 g/mol. The zero-order valence-corrected chi connectivity index (χ0v) is 8.19. The van der Waals surface area contributed by atoms with Gasteiger partial charge in [0.15, 0.2) is 0 Å². The summed E-state index contributed by atoms with van der Waals surface area (Å²) in [7, 11) is 0. The van der Waals surface area contributed by atoms with E-state index in [-0.39, 0.29) is 6.08 Å². The van der Waals surface area contributed by atoms with Crippen molar-refractivity contribution < 1.29 is 37.8 Å². The maximum Gasteiger partial charge on any atom is 0.454 e. The molecule has 17 heavy (non-hydrogen) atoms. The van der Waals surface area contributed by atoms with E-state index in [9.17, 15) is 37.8 Å². The highest BCUT2D eigenvalue weighted by Crippen LogP contribution is 2.16. The Hall–Kier alpha value is -2.06. The fourth-order valence-electron chi connectivity index (χ4n) is 0.761. The maximum atomic E-state index is 11.7. The Balaban J connectivity index is 4.62. The highest BCUT2D eigenvalue weighted by Gasteiger charge is 2.36. The average Bonchev–Trinajstić information content (AvgIpc) is 2.10. The van der Waals surface area contributed by atoms with Crippen molar-refractivity contribution in [3.8, 4) is 0 Å². The predicted octanol–water partition coefficient (Wildman–Crippen LogP) is -2.57. The van der Waals surface area contributed by atoms with Crippen LogP contribution in [-0.4, -0.2) is 41.9 Å². The fraction of sp³-hybridized carbons (Fsp3) is 0.375. The van der Waals surface area contributed by atoms with Gasteiger partial charge in [-0.15, -0.1) is 0 Å². The first-order chi connectivity index (χ1) is 7.62. The summed E-state index contributed by atoms with van der Waals surface area (Å²) in [6.45, 7) is -1.95. The van der Waals surface area contributed by atoms with E-state index in [1.165, 1.54) is 0 Å². The van der Waals surface area contributed by atoms with E-state index in [1.54, 1.807) is 0 Å². The summed E-state index contributed by atoms with van der Waals surface area (Å²) < 4.78 is 35.2. The Morgan fingerprint density at radius 1 is 1.06 bits per heavy atom. The number of rotatable bonds is 6. The lowest BCUT2D eigenvalue weighted by Crippen LogP contribution is -2.41. The normalized spacial score (nSPS) is 11.5. The van der Waals surface area contributed by atoms with Gasteiger partial charge in [0.25, 0.3) is 5.78 Å². The Kier molecular flexibility index (Phi) is 5.16. The number of allylic oxidation sites excluding steroid dienone is 1. The largest absolute Gasteiger partial charge is 0.548 e. The van der Waals surface area contributed by atoms with Gasteiger partial charge < -0.3 is 24.7 Å². The minimum atomic E-state index is -5.11. The molecule has 0 spiro atoms. The molecule has 0 unspecified atom stereocenters. The molecule has 0 atom stereocenters. The molecule has 0 saturated heterocycles. The highest BCUT2D eigenvalue weighted by atomic mass is 19.4. The standard InChI is InChI=1S/C8H8F3NO5/c9-8(10,11)5(13)1-2-12(3-6(14)15)4-7(16)17/h1-2H,3-4H2,(H,14,15)(H,16,17)/p-2/b2-1+. The Morgan fingerprint density at radius 3 is 1.76 bits per heavy atom. The zero-order valence-electron chi connectivity index (χ0n) is 8.19. The van der Waals surface area contributed by atoms with Crippen molar-refractivity contribution >= 4 is 17.7 Å². The lowest BCUT2D eigenvalue weighted by Gasteiger charge is -2.21. The van der Waals surface area contributed by atoms with Gasteiger partial charge in [0.1, 0.15) is 0 Å². The quantitative estimate of drug-likeness (QED) is 0.482. The number of carbonyl (C=O) groups excluding carboxylic acids is 3. The molecule has 0 fully saturated rings. The number of carboxylic acid groups (broad SMARTS) is 2. The number of hydrogen-bond donors (Lipinski definition) is 0. The van der Waals surface area contributed by atoms with Crippen LogP contribution in [0.5, 0.6) is 0 Å². The summed E-state index contributed by atoms with van der Waals surface area (Å²) in [6.07, 6.45) is -4.68. The SMILES string of the molecule is O=C([O-])CN(/C=C/C(=O)C(F)(F)F)CC(=O)[O-]. The zero-order chi connectivity index (χ0) is 13.6. The van der Waals surface area contributed by atoms with Crippen LogP contribution in [0.2, 0.25) is 0 Å². The van der Waals surface area contributed by atoms with Gasteiger partial charge in [0, 0.05) is 12.3 Å². The summed E-state index contributed by atoms with van der Waals surface area (Å²) in [5, 5.41) is 20.3. The number of hydrogen-bond acceptors (Lipinski definition) is 6. The molecule has 0 aliphatic carbocycles. The van der Waals surface area contributed by atoms with Crippen molar-refractivity contribution in [2.24, 2.45) is 0 Å². The smallest absolute Gasteiger partial charge is 0.454 e. The third-order valence-electron chi connectivity index (χ3n) is 1.38. The van der Waals surface area contributed by atoms with E-state index in [1.807, 2.05) is 0 Å². The van der Waals surface area contributed by atoms with E-state index in [0.29, 0.717) is 11.1 Å². The van der Waals surface area contributed by atoms with Gasteiger partial charge in [-0.2, -0.15) is 13.2 Å². The molecule has 0 aromatic carbocycles. The molecule has 0 bridgehead atoms. The van der Waals surface area contributed by atoms with Crippen LogP contribution >= 0.6 is 0 Å². The summed E-state index contributed by atoms with van der Waals surface area (Å²) in [4.78, 5) is 31.1. The molecule has 0 aromatic heterocycles. The van der Waals surface area contributed by atoms with E-state index < -0.39 is 37.0 Å². The summed E-state index contributed by atoms with van der Waals surface area (Å²) in [5.41, 5.74) is 0. The topological polar surface area (TPSA) is 101 Å². The Morgan fingerprint density at radius 2 is 1.47 bits per heavy atom. The molecule has 0 radical (unpaired) electrons. The first kappa shape index (κ1) is 14.9. The van der Waals surface area contributed by atoms with Crippen molar-refractivity contribution in [3.05, 3.63) is 12.3 Å². The van der Waals surface area contributed by atoms with Crippen molar-refractivity contribution in [1.29, 1.82) is 0 Å². The van der Waals surface area contributed by atoms with E-state index in [0.717, 1.165) is 0 Å². The number of carboxylic acids is 2. The molecular weight excluding hydrogens is 247 g/mol. The molecule has 0 N–H and O–H groups in total. The highest BCUT2D eigenvalue weighted by molar-refractivity contribution is 5.94. The minimum absolute atomic E-state index is 0.0197. The number of alkyl halides is 3. The molecule has 6 nitrogen and oxygen atoms in total. The molecule has 0 saturated carbocycles. The van der Waals surface area contributed by atoms with E-state index in [2.05, 4.69) is 0 Å². The van der Waals surface area contributed by atoms with Crippen LogP contribution < -0.4 is 10.2 Å². The van der Waals surface area contributed by atoms with Crippen molar-refractivity contribution in [3.63, 3.8) is 0 Å². The van der Waals surface area contributed by atoms with Crippen molar-refractivity contribution in [1.82, 2.24) is 4.90 Å². The number of halogens is 3. The van der Waals surface area contributed by atoms with Crippen LogP contribution in [0.4, 0.5) is 13.2 Å². The van der Waals surface area contributed by atoms with Gasteiger partial charge in [-0.05, 0) is 0 Å². The van der Waals surface area contributed by atoms with Gasteiger partial charge >= 0.3 is 6.18 Å². The van der Waals surface area contributed by atoms with E-state index >= 15 is 0 Å². The third-order valence-corrected chi connectivity index (χ3v) is 1.38. The summed E-state index contributed by atoms with van der Waals surface area (Å²) in [5.74, 6) is -5.66.